The highest BCUT2D eigenvalue weighted by atomic mass is 35.5. The first-order valence-corrected chi connectivity index (χ1v) is 9.60. The number of hydrogen-bond acceptors (Lipinski definition) is 2. The molecular weight excluding hydrogens is 346 g/mol. The summed E-state index contributed by atoms with van der Waals surface area (Å²) in [7, 11) is 0. The van der Waals surface area contributed by atoms with Crippen LogP contribution in [-0.2, 0) is 0 Å². The lowest BCUT2D eigenvalue weighted by molar-refractivity contribution is 0.0943. The van der Waals surface area contributed by atoms with Gasteiger partial charge in [-0.2, -0.15) is 0 Å². The summed E-state index contributed by atoms with van der Waals surface area (Å²) in [5.41, 5.74) is 3.34. The van der Waals surface area contributed by atoms with E-state index in [1.807, 2.05) is 53.2 Å². The first-order chi connectivity index (χ1) is 12.7. The lowest BCUT2D eigenvalue weighted by Gasteiger charge is -2.21. The fourth-order valence-corrected chi connectivity index (χ4v) is 3.74. The molecule has 0 bridgehead atoms. The number of carbonyl (C=O) groups excluding carboxylic acids is 1. The summed E-state index contributed by atoms with van der Waals surface area (Å²) < 4.78 is 1.90. The summed E-state index contributed by atoms with van der Waals surface area (Å²) in [5, 5.41) is 3.79. The quantitative estimate of drug-likeness (QED) is 0.708. The van der Waals surface area contributed by atoms with Crippen molar-refractivity contribution in [2.45, 2.75) is 32.1 Å². The molecule has 26 heavy (non-hydrogen) atoms. The Morgan fingerprint density at radius 3 is 2.62 bits per heavy atom. The van der Waals surface area contributed by atoms with Crippen LogP contribution in [0.3, 0.4) is 0 Å². The van der Waals surface area contributed by atoms with Crippen molar-refractivity contribution in [1.29, 1.82) is 0 Å². The minimum atomic E-state index is -0.0146. The Labute approximate surface area is 158 Å². The molecule has 5 heteroatoms. The molecular formula is C21H22ClN3O. The molecule has 1 amide bonds. The average Bonchev–Trinajstić information content (AvgIpc) is 3.10. The van der Waals surface area contributed by atoms with Crippen LogP contribution in [0.25, 0.3) is 16.9 Å². The van der Waals surface area contributed by atoms with Gasteiger partial charge in [0.2, 0.25) is 0 Å². The zero-order valence-electron chi connectivity index (χ0n) is 14.6. The van der Waals surface area contributed by atoms with Crippen LogP contribution in [0.5, 0.6) is 0 Å². The standard InChI is InChI=1S/C21H22ClN3O/c22-18-9-6-16(7-10-18)19-14-25-13-17(8-11-20(25)24-19)21(26)23-12-15-4-2-1-3-5-15/h6-11,13-15H,1-5,12H2,(H,23,26). The van der Waals surface area contributed by atoms with E-state index in [1.54, 1.807) is 0 Å². The van der Waals surface area contributed by atoms with Crippen molar-refractivity contribution in [3.63, 3.8) is 0 Å². The van der Waals surface area contributed by atoms with Crippen molar-refractivity contribution in [3.8, 4) is 11.3 Å². The van der Waals surface area contributed by atoms with E-state index in [0.29, 0.717) is 16.5 Å². The zero-order chi connectivity index (χ0) is 17.9. The lowest BCUT2D eigenvalue weighted by Crippen LogP contribution is -2.30. The van der Waals surface area contributed by atoms with E-state index < -0.39 is 0 Å². The normalized spacial score (nSPS) is 15.3. The molecule has 4 rings (SSSR count). The third-order valence-corrected chi connectivity index (χ3v) is 5.38. The Bertz CT molecular complexity index is 911. The first-order valence-electron chi connectivity index (χ1n) is 9.22. The van der Waals surface area contributed by atoms with Crippen LogP contribution in [0.1, 0.15) is 42.5 Å². The van der Waals surface area contributed by atoms with Gasteiger partial charge in [-0.1, -0.05) is 43.0 Å². The highest BCUT2D eigenvalue weighted by Crippen LogP contribution is 2.23. The van der Waals surface area contributed by atoms with Crippen molar-refractivity contribution in [3.05, 3.63) is 59.4 Å². The highest BCUT2D eigenvalue weighted by Gasteiger charge is 2.15. The summed E-state index contributed by atoms with van der Waals surface area (Å²) in [6.45, 7) is 0.775. The van der Waals surface area contributed by atoms with Gasteiger partial charge in [0.15, 0.2) is 0 Å². The van der Waals surface area contributed by atoms with Gasteiger partial charge in [-0.15, -0.1) is 0 Å². The van der Waals surface area contributed by atoms with Gasteiger partial charge in [0.1, 0.15) is 5.65 Å². The summed E-state index contributed by atoms with van der Waals surface area (Å²) in [4.78, 5) is 17.1. The maximum Gasteiger partial charge on any atom is 0.252 e. The van der Waals surface area contributed by atoms with Gasteiger partial charge in [-0.05, 0) is 43.0 Å². The van der Waals surface area contributed by atoms with E-state index in [0.717, 1.165) is 23.4 Å². The Kier molecular flexibility index (Phi) is 4.93. The van der Waals surface area contributed by atoms with Gasteiger partial charge in [0.25, 0.3) is 5.91 Å². The molecule has 1 saturated carbocycles. The molecule has 134 valence electrons. The second-order valence-corrected chi connectivity index (χ2v) is 7.47. The largest absolute Gasteiger partial charge is 0.352 e. The number of rotatable bonds is 4. The predicted octanol–water partition coefficient (Wildman–Crippen LogP) is 4.96. The van der Waals surface area contributed by atoms with Gasteiger partial charge >= 0.3 is 0 Å². The first kappa shape index (κ1) is 17.1. The Balaban J connectivity index is 1.49. The number of benzene rings is 1. The van der Waals surface area contributed by atoms with Crippen molar-refractivity contribution in [2.75, 3.05) is 6.54 Å². The van der Waals surface area contributed by atoms with Crippen LogP contribution in [0.15, 0.2) is 48.8 Å². The van der Waals surface area contributed by atoms with E-state index in [9.17, 15) is 4.79 Å². The van der Waals surface area contributed by atoms with E-state index in [4.69, 9.17) is 11.6 Å². The molecule has 2 heterocycles. The topological polar surface area (TPSA) is 46.4 Å². The molecule has 2 aromatic heterocycles. The van der Waals surface area contributed by atoms with Crippen LogP contribution in [0.2, 0.25) is 5.02 Å². The van der Waals surface area contributed by atoms with Gasteiger partial charge < -0.3 is 9.72 Å². The molecule has 1 aromatic carbocycles. The minimum absolute atomic E-state index is 0.0146. The van der Waals surface area contributed by atoms with Gasteiger partial charge in [0, 0.05) is 29.5 Å². The Hall–Kier alpha value is -2.33. The molecule has 0 unspecified atom stereocenters. The maximum absolute atomic E-state index is 12.5. The van der Waals surface area contributed by atoms with Crippen LogP contribution in [-0.4, -0.2) is 21.8 Å². The molecule has 1 N–H and O–H groups in total. The third kappa shape index (κ3) is 3.75. The van der Waals surface area contributed by atoms with E-state index in [1.165, 1.54) is 32.1 Å². The molecule has 0 atom stereocenters. The molecule has 0 aliphatic heterocycles. The van der Waals surface area contributed by atoms with E-state index in [2.05, 4.69) is 10.3 Å². The summed E-state index contributed by atoms with van der Waals surface area (Å²) in [6, 6.07) is 11.3. The van der Waals surface area contributed by atoms with Crippen LogP contribution in [0, 0.1) is 5.92 Å². The molecule has 4 nitrogen and oxygen atoms in total. The SMILES string of the molecule is O=C(NCC1CCCCC1)c1ccc2nc(-c3ccc(Cl)cc3)cn2c1. The number of hydrogen-bond donors (Lipinski definition) is 1. The average molecular weight is 368 g/mol. The monoisotopic (exact) mass is 367 g/mol. The number of carbonyl (C=O) groups is 1. The van der Waals surface area contributed by atoms with Crippen LogP contribution < -0.4 is 5.32 Å². The predicted molar refractivity (Wildman–Crippen MR) is 105 cm³/mol. The van der Waals surface area contributed by atoms with Crippen LogP contribution >= 0.6 is 11.6 Å². The van der Waals surface area contributed by atoms with Crippen molar-refractivity contribution >= 4 is 23.2 Å². The number of pyridine rings is 1. The maximum atomic E-state index is 12.5. The molecule has 0 saturated heterocycles. The molecule has 3 aromatic rings. The Morgan fingerprint density at radius 2 is 1.85 bits per heavy atom. The van der Waals surface area contributed by atoms with Crippen molar-refractivity contribution in [1.82, 2.24) is 14.7 Å². The Morgan fingerprint density at radius 1 is 1.08 bits per heavy atom. The van der Waals surface area contributed by atoms with Crippen LogP contribution in [0.4, 0.5) is 0 Å². The summed E-state index contributed by atoms with van der Waals surface area (Å²) in [6.07, 6.45) is 10.1. The highest BCUT2D eigenvalue weighted by molar-refractivity contribution is 6.30. The minimum Gasteiger partial charge on any atom is -0.352 e. The number of nitrogens with one attached hydrogen (secondary N) is 1. The molecule has 1 fully saturated rings. The van der Waals surface area contributed by atoms with E-state index >= 15 is 0 Å². The van der Waals surface area contributed by atoms with Gasteiger partial charge in [0.05, 0.1) is 11.3 Å². The third-order valence-electron chi connectivity index (χ3n) is 5.13. The second-order valence-electron chi connectivity index (χ2n) is 7.03. The number of nitrogens with zero attached hydrogens (tertiary/aromatic N) is 2. The smallest absolute Gasteiger partial charge is 0.252 e. The van der Waals surface area contributed by atoms with Gasteiger partial charge in [-0.25, -0.2) is 4.98 Å². The number of fused-ring (bicyclic) bond motifs is 1. The van der Waals surface area contributed by atoms with Gasteiger partial charge in [-0.3, -0.25) is 4.79 Å². The molecule has 1 aliphatic rings. The second kappa shape index (κ2) is 7.50. The zero-order valence-corrected chi connectivity index (χ0v) is 15.4. The summed E-state index contributed by atoms with van der Waals surface area (Å²) in [5.74, 6) is 0.611. The molecule has 0 spiro atoms. The van der Waals surface area contributed by atoms with Crippen molar-refractivity contribution < 1.29 is 4.79 Å². The molecule has 0 radical (unpaired) electrons. The van der Waals surface area contributed by atoms with Crippen molar-refractivity contribution in [2.24, 2.45) is 5.92 Å². The lowest BCUT2D eigenvalue weighted by atomic mass is 9.89. The number of halogens is 1. The fraction of sp³-hybridized carbons (Fsp3) is 0.333. The number of amides is 1. The summed E-state index contributed by atoms with van der Waals surface area (Å²) >= 11 is 5.95. The number of imidazole rings is 1. The number of aromatic nitrogens is 2. The molecule has 1 aliphatic carbocycles. The van der Waals surface area contributed by atoms with E-state index in [-0.39, 0.29) is 5.91 Å². The fourth-order valence-electron chi connectivity index (χ4n) is 3.62.